The van der Waals surface area contributed by atoms with E-state index in [1.807, 2.05) is 17.7 Å². The Morgan fingerprint density at radius 3 is 2.81 bits per heavy atom. The molecule has 198 valence electrons. The van der Waals surface area contributed by atoms with Gasteiger partial charge in [0.25, 0.3) is 0 Å². The van der Waals surface area contributed by atoms with E-state index in [0.29, 0.717) is 30.6 Å². The van der Waals surface area contributed by atoms with Crippen LogP contribution in [0.2, 0.25) is 0 Å². The van der Waals surface area contributed by atoms with Gasteiger partial charge in [-0.05, 0) is 56.7 Å². The number of rotatable bonds is 11. The minimum absolute atomic E-state index is 0.0507. The van der Waals surface area contributed by atoms with Gasteiger partial charge in [0.2, 0.25) is 5.91 Å². The van der Waals surface area contributed by atoms with E-state index < -0.39 is 17.7 Å². The minimum Gasteiger partial charge on any atom is -0.380 e. The molecule has 1 unspecified atom stereocenters. The van der Waals surface area contributed by atoms with E-state index in [-0.39, 0.29) is 22.9 Å². The van der Waals surface area contributed by atoms with Crippen molar-refractivity contribution in [3.05, 3.63) is 47.4 Å². The van der Waals surface area contributed by atoms with E-state index in [0.717, 1.165) is 50.8 Å². The molecule has 1 amide bonds. The molecule has 0 spiro atoms. The molecule has 2 aliphatic rings. The Morgan fingerprint density at radius 1 is 1.33 bits per heavy atom. The van der Waals surface area contributed by atoms with Gasteiger partial charge in [0.15, 0.2) is 5.82 Å². The maximum Gasteiger partial charge on any atom is 0.242 e. The third-order valence-electron chi connectivity index (χ3n) is 7.34. The number of fused-ring (bicyclic) bond motifs is 1. The number of benzene rings is 1. The lowest BCUT2D eigenvalue weighted by Gasteiger charge is -2.39. The Labute approximate surface area is 212 Å². The molecule has 9 heteroatoms. The van der Waals surface area contributed by atoms with Crippen LogP contribution in [0.4, 0.5) is 14.6 Å². The highest BCUT2D eigenvalue weighted by Crippen LogP contribution is 2.27. The van der Waals surface area contributed by atoms with Gasteiger partial charge in [-0.15, -0.1) is 0 Å². The van der Waals surface area contributed by atoms with Crippen molar-refractivity contribution >= 4 is 11.7 Å². The van der Waals surface area contributed by atoms with Crippen LogP contribution in [0.5, 0.6) is 0 Å². The standard InChI is InChI=1S/C27H39F2N5O2/c1-5-6-23(32-20-8-7-18-9-19(28)10-22(29)21(18)11-20)25(35)33-24-12-34(17-31-24)26(2,3)13-30-14-27(4)15-36-16-27/h9-10,12,17,20,23,30,32H,5-8,11,13-16H2,1-4H3,(H,33,35)/t20?,23-/m0/s1. The van der Waals surface area contributed by atoms with E-state index in [9.17, 15) is 13.6 Å². The fourth-order valence-electron chi connectivity index (χ4n) is 5.04. The third kappa shape index (κ3) is 6.30. The van der Waals surface area contributed by atoms with Crippen LogP contribution in [0.3, 0.4) is 0 Å². The number of amides is 1. The normalized spacial score (nSPS) is 19.9. The van der Waals surface area contributed by atoms with Gasteiger partial charge in [0.05, 0.1) is 31.1 Å². The lowest BCUT2D eigenvalue weighted by molar-refractivity contribution is -0.118. The second kappa shape index (κ2) is 10.9. The molecule has 1 aromatic carbocycles. The average Bonchev–Trinajstić information content (AvgIpc) is 3.27. The molecule has 7 nitrogen and oxygen atoms in total. The number of ether oxygens (including phenoxy) is 1. The lowest BCUT2D eigenvalue weighted by atomic mass is 9.87. The topological polar surface area (TPSA) is 80.2 Å². The number of halogens is 2. The number of anilines is 1. The van der Waals surface area contributed by atoms with E-state index in [1.165, 1.54) is 6.07 Å². The van der Waals surface area contributed by atoms with Crippen LogP contribution >= 0.6 is 0 Å². The van der Waals surface area contributed by atoms with Crippen molar-refractivity contribution in [1.82, 2.24) is 20.2 Å². The van der Waals surface area contributed by atoms with Gasteiger partial charge >= 0.3 is 0 Å². The molecule has 0 bridgehead atoms. The molecule has 36 heavy (non-hydrogen) atoms. The first-order valence-electron chi connectivity index (χ1n) is 13.0. The molecule has 1 aliphatic carbocycles. The number of carbonyl (C=O) groups excluding carboxylic acids is 1. The molecule has 1 saturated heterocycles. The van der Waals surface area contributed by atoms with Gasteiger partial charge in [-0.25, -0.2) is 13.8 Å². The molecular weight excluding hydrogens is 464 g/mol. The van der Waals surface area contributed by atoms with Crippen molar-refractivity contribution in [3.8, 4) is 0 Å². The summed E-state index contributed by atoms with van der Waals surface area (Å²) < 4.78 is 35.2. The van der Waals surface area contributed by atoms with Crippen molar-refractivity contribution in [2.75, 3.05) is 31.6 Å². The smallest absolute Gasteiger partial charge is 0.242 e. The molecule has 1 fully saturated rings. The average molecular weight is 504 g/mol. The largest absolute Gasteiger partial charge is 0.380 e. The zero-order chi connectivity index (χ0) is 25.9. The first kappa shape index (κ1) is 26.7. The second-order valence-electron chi connectivity index (χ2n) is 11.3. The zero-order valence-electron chi connectivity index (χ0n) is 21.8. The van der Waals surface area contributed by atoms with Crippen molar-refractivity contribution in [3.63, 3.8) is 0 Å². The molecule has 2 atom stereocenters. The number of nitrogens with one attached hydrogen (secondary N) is 3. The molecular formula is C27H39F2N5O2. The van der Waals surface area contributed by atoms with Gasteiger partial charge in [-0.3, -0.25) is 4.79 Å². The first-order chi connectivity index (χ1) is 17.1. The van der Waals surface area contributed by atoms with E-state index in [4.69, 9.17) is 4.74 Å². The van der Waals surface area contributed by atoms with Crippen LogP contribution in [-0.2, 0) is 27.9 Å². The van der Waals surface area contributed by atoms with E-state index in [1.54, 1.807) is 6.33 Å². The quantitative estimate of drug-likeness (QED) is 0.435. The van der Waals surface area contributed by atoms with Crippen LogP contribution in [0.1, 0.15) is 58.1 Å². The molecule has 1 aliphatic heterocycles. The number of hydrogen-bond donors (Lipinski definition) is 3. The second-order valence-corrected chi connectivity index (χ2v) is 11.3. The van der Waals surface area contributed by atoms with Gasteiger partial charge in [-0.1, -0.05) is 20.3 Å². The summed E-state index contributed by atoms with van der Waals surface area (Å²) in [7, 11) is 0. The molecule has 0 radical (unpaired) electrons. The Morgan fingerprint density at radius 2 is 2.11 bits per heavy atom. The summed E-state index contributed by atoms with van der Waals surface area (Å²) in [6.45, 7) is 11.7. The van der Waals surface area contributed by atoms with Gasteiger partial charge < -0.3 is 25.3 Å². The maximum atomic E-state index is 14.3. The molecule has 2 heterocycles. The number of aryl methyl sites for hydroxylation is 1. The summed E-state index contributed by atoms with van der Waals surface area (Å²) in [6.07, 6.45) is 6.83. The summed E-state index contributed by atoms with van der Waals surface area (Å²) in [6, 6.07) is 1.88. The third-order valence-corrected chi connectivity index (χ3v) is 7.34. The lowest BCUT2D eigenvalue weighted by Crippen LogP contribution is -2.50. The molecule has 2 aromatic rings. The molecule has 1 aromatic heterocycles. The zero-order valence-corrected chi connectivity index (χ0v) is 21.8. The number of hydrogen-bond acceptors (Lipinski definition) is 5. The van der Waals surface area contributed by atoms with E-state index >= 15 is 0 Å². The highest BCUT2D eigenvalue weighted by molar-refractivity contribution is 5.94. The number of imidazole rings is 1. The summed E-state index contributed by atoms with van der Waals surface area (Å²) in [5, 5.41) is 9.91. The Hall–Kier alpha value is -2.36. The van der Waals surface area contributed by atoms with Gasteiger partial charge in [0.1, 0.15) is 11.6 Å². The van der Waals surface area contributed by atoms with E-state index in [2.05, 4.69) is 41.7 Å². The van der Waals surface area contributed by atoms with Crippen molar-refractivity contribution in [2.24, 2.45) is 5.41 Å². The van der Waals surface area contributed by atoms with Crippen LogP contribution in [0.25, 0.3) is 0 Å². The predicted octanol–water partition coefficient (Wildman–Crippen LogP) is 3.78. The number of carbonyl (C=O) groups is 1. The minimum atomic E-state index is -0.540. The van der Waals surface area contributed by atoms with Crippen LogP contribution in [0, 0.1) is 17.0 Å². The molecule has 3 N–H and O–H groups in total. The van der Waals surface area contributed by atoms with Crippen LogP contribution < -0.4 is 16.0 Å². The highest BCUT2D eigenvalue weighted by atomic mass is 19.1. The monoisotopic (exact) mass is 503 g/mol. The van der Waals surface area contributed by atoms with Crippen molar-refractivity contribution < 1.29 is 18.3 Å². The first-order valence-corrected chi connectivity index (χ1v) is 13.0. The van der Waals surface area contributed by atoms with Crippen molar-refractivity contribution in [2.45, 2.75) is 77.4 Å². The fourth-order valence-corrected chi connectivity index (χ4v) is 5.04. The Bertz CT molecular complexity index is 1070. The SMILES string of the molecule is CCC[C@H](NC1CCc2cc(F)cc(F)c2C1)C(=O)Nc1cn(C(C)(C)CNCC2(C)COC2)cn1. The molecule has 0 saturated carbocycles. The summed E-state index contributed by atoms with van der Waals surface area (Å²) >= 11 is 0. The van der Waals surface area contributed by atoms with Gasteiger partial charge in [-0.2, -0.15) is 0 Å². The Kier molecular flexibility index (Phi) is 8.12. The summed E-state index contributed by atoms with van der Waals surface area (Å²) in [4.78, 5) is 17.6. The van der Waals surface area contributed by atoms with Crippen molar-refractivity contribution in [1.29, 1.82) is 0 Å². The molecule has 4 rings (SSSR count). The van der Waals surface area contributed by atoms with Crippen LogP contribution in [-0.4, -0.2) is 53.8 Å². The fraction of sp³-hybridized carbons (Fsp3) is 0.630. The van der Waals surface area contributed by atoms with Gasteiger partial charge in [0, 0.05) is 36.8 Å². The maximum absolute atomic E-state index is 14.3. The highest BCUT2D eigenvalue weighted by Gasteiger charge is 2.33. The summed E-state index contributed by atoms with van der Waals surface area (Å²) in [5.74, 6) is -0.695. The Balaban J connectivity index is 1.33. The number of nitrogens with zero attached hydrogens (tertiary/aromatic N) is 2. The summed E-state index contributed by atoms with van der Waals surface area (Å²) in [5.41, 5.74) is 1.24. The van der Waals surface area contributed by atoms with Crippen LogP contribution in [0.15, 0.2) is 24.7 Å². The number of aromatic nitrogens is 2. The predicted molar refractivity (Wildman–Crippen MR) is 136 cm³/mol.